The van der Waals surface area contributed by atoms with E-state index in [9.17, 15) is 4.79 Å². The highest BCUT2D eigenvalue weighted by Gasteiger charge is 2.17. The molecular weight excluding hydrogens is 434 g/mol. The van der Waals surface area contributed by atoms with Crippen molar-refractivity contribution < 1.29 is 14.3 Å². The summed E-state index contributed by atoms with van der Waals surface area (Å²) in [5, 5.41) is 3.82. The van der Waals surface area contributed by atoms with Crippen molar-refractivity contribution in [2.24, 2.45) is 9.98 Å². The fraction of sp³-hybridized carbons (Fsp3) is 0.192. The molecule has 3 aromatic carbocycles. The minimum atomic E-state index is -0.0803. The van der Waals surface area contributed by atoms with E-state index in [1.165, 1.54) is 11.8 Å². The van der Waals surface area contributed by atoms with Crippen molar-refractivity contribution in [3.63, 3.8) is 0 Å². The van der Waals surface area contributed by atoms with E-state index in [-0.39, 0.29) is 11.7 Å². The molecule has 0 radical (unpaired) electrons. The van der Waals surface area contributed by atoms with Crippen molar-refractivity contribution in [3.8, 4) is 11.5 Å². The Hall–Kier alpha value is -3.58. The van der Waals surface area contributed by atoms with E-state index < -0.39 is 0 Å². The quantitative estimate of drug-likeness (QED) is 0.520. The molecular formula is C26H25N3O3S. The minimum absolute atomic E-state index is 0.0803. The Morgan fingerprint density at radius 1 is 0.909 bits per heavy atom. The fourth-order valence-electron chi connectivity index (χ4n) is 3.52. The van der Waals surface area contributed by atoms with Crippen molar-refractivity contribution in [3.05, 3.63) is 83.9 Å². The van der Waals surface area contributed by atoms with Crippen LogP contribution < -0.4 is 14.8 Å². The molecule has 1 aliphatic heterocycles. The third-order valence-corrected chi connectivity index (χ3v) is 6.11. The molecule has 4 rings (SSSR count). The Morgan fingerprint density at radius 2 is 1.64 bits per heavy atom. The number of ether oxygens (including phenoxy) is 2. The van der Waals surface area contributed by atoms with Gasteiger partial charge in [-0.15, -0.1) is 11.8 Å². The lowest BCUT2D eigenvalue weighted by molar-refractivity contribution is -0.118. The summed E-state index contributed by atoms with van der Waals surface area (Å²) in [4.78, 5) is 22.3. The smallest absolute Gasteiger partial charge is 0.230 e. The molecule has 0 aliphatic carbocycles. The van der Waals surface area contributed by atoms with Crippen LogP contribution in [0.3, 0.4) is 0 Å². The van der Waals surface area contributed by atoms with Crippen molar-refractivity contribution in [2.45, 2.75) is 13.0 Å². The molecule has 1 amide bonds. The number of rotatable bonds is 7. The predicted molar refractivity (Wildman–Crippen MR) is 135 cm³/mol. The summed E-state index contributed by atoms with van der Waals surface area (Å²) in [6.45, 7) is 0.353. The van der Waals surface area contributed by atoms with Crippen LogP contribution in [0, 0.1) is 0 Å². The number of hydrogen-bond acceptors (Lipinski definition) is 6. The summed E-state index contributed by atoms with van der Waals surface area (Å²) in [7, 11) is 3.18. The maximum atomic E-state index is 12.6. The molecule has 0 unspecified atom stereocenters. The van der Waals surface area contributed by atoms with E-state index >= 15 is 0 Å². The summed E-state index contributed by atoms with van der Waals surface area (Å²) >= 11 is 1.43. The molecule has 0 aromatic heterocycles. The molecule has 168 valence electrons. The van der Waals surface area contributed by atoms with E-state index in [0.717, 1.165) is 33.3 Å². The average molecular weight is 460 g/mol. The second kappa shape index (κ2) is 10.8. The molecule has 33 heavy (non-hydrogen) atoms. The number of methoxy groups -OCH3 is 2. The van der Waals surface area contributed by atoms with Gasteiger partial charge in [0.1, 0.15) is 0 Å². The van der Waals surface area contributed by atoms with E-state index in [4.69, 9.17) is 19.5 Å². The molecule has 1 N–H and O–H groups in total. The van der Waals surface area contributed by atoms with Gasteiger partial charge < -0.3 is 14.8 Å². The normalized spacial score (nSPS) is 12.7. The number of aliphatic imine (C=N–C) groups is 2. The summed E-state index contributed by atoms with van der Waals surface area (Å²) in [5.41, 5.74) is 4.49. The van der Waals surface area contributed by atoms with E-state index in [1.54, 1.807) is 14.2 Å². The Labute approximate surface area is 197 Å². The van der Waals surface area contributed by atoms with Crippen LogP contribution >= 0.6 is 11.8 Å². The zero-order valence-electron chi connectivity index (χ0n) is 18.6. The Kier molecular flexibility index (Phi) is 7.42. The summed E-state index contributed by atoms with van der Waals surface area (Å²) in [5.74, 6) is 1.44. The van der Waals surface area contributed by atoms with Crippen LogP contribution in [0.2, 0.25) is 0 Å². The number of benzene rings is 3. The second-order valence-corrected chi connectivity index (χ2v) is 8.36. The van der Waals surface area contributed by atoms with Gasteiger partial charge in [-0.3, -0.25) is 9.79 Å². The zero-order valence-corrected chi connectivity index (χ0v) is 19.4. The summed E-state index contributed by atoms with van der Waals surface area (Å²) in [6, 6.07) is 23.5. The van der Waals surface area contributed by atoms with Crippen LogP contribution in [0.25, 0.3) is 0 Å². The SMILES string of the molecule is COc1cccc(CNC(=O)CSC2=Nc3ccccc3N=C(c3ccccc3)C2)c1OC. The highest BCUT2D eigenvalue weighted by molar-refractivity contribution is 8.14. The number of amides is 1. The van der Waals surface area contributed by atoms with E-state index in [0.29, 0.717) is 24.5 Å². The lowest BCUT2D eigenvalue weighted by Crippen LogP contribution is -2.25. The van der Waals surface area contributed by atoms with Crippen LogP contribution in [0.5, 0.6) is 11.5 Å². The van der Waals surface area contributed by atoms with E-state index in [2.05, 4.69) is 5.32 Å². The predicted octanol–water partition coefficient (Wildman–Crippen LogP) is 5.31. The molecule has 0 atom stereocenters. The number of hydrogen-bond donors (Lipinski definition) is 1. The topological polar surface area (TPSA) is 72.3 Å². The number of fused-ring (bicyclic) bond motifs is 1. The first-order valence-corrected chi connectivity index (χ1v) is 11.6. The molecule has 0 fully saturated rings. The van der Waals surface area contributed by atoms with Gasteiger partial charge in [0.15, 0.2) is 11.5 Å². The van der Waals surface area contributed by atoms with Crippen molar-refractivity contribution in [1.29, 1.82) is 0 Å². The first kappa shape index (κ1) is 22.6. The van der Waals surface area contributed by atoms with Crippen molar-refractivity contribution in [1.82, 2.24) is 5.32 Å². The van der Waals surface area contributed by atoms with Gasteiger partial charge >= 0.3 is 0 Å². The van der Waals surface area contributed by atoms with Crippen LogP contribution in [0.15, 0.2) is 82.8 Å². The molecule has 0 bridgehead atoms. The van der Waals surface area contributed by atoms with Crippen LogP contribution in [0.1, 0.15) is 17.5 Å². The molecule has 3 aromatic rings. The lowest BCUT2D eigenvalue weighted by atomic mass is 10.1. The molecule has 7 heteroatoms. The van der Waals surface area contributed by atoms with Gasteiger partial charge in [-0.25, -0.2) is 4.99 Å². The van der Waals surface area contributed by atoms with Gasteiger partial charge in [0.2, 0.25) is 5.91 Å². The molecule has 6 nitrogen and oxygen atoms in total. The average Bonchev–Trinajstić information content (AvgIpc) is 3.05. The van der Waals surface area contributed by atoms with Gasteiger partial charge in [0.25, 0.3) is 0 Å². The number of thioether (sulfide) groups is 1. The van der Waals surface area contributed by atoms with Crippen molar-refractivity contribution in [2.75, 3.05) is 20.0 Å². The Morgan fingerprint density at radius 3 is 2.36 bits per heavy atom. The maximum Gasteiger partial charge on any atom is 0.230 e. The fourth-order valence-corrected chi connectivity index (χ4v) is 4.32. The highest BCUT2D eigenvalue weighted by Crippen LogP contribution is 2.33. The van der Waals surface area contributed by atoms with Gasteiger partial charge in [-0.1, -0.05) is 54.6 Å². The van der Waals surface area contributed by atoms with Gasteiger partial charge in [-0.05, 0) is 23.8 Å². The third-order valence-electron chi connectivity index (χ3n) is 5.14. The number of carbonyl (C=O) groups excluding carboxylic acids is 1. The number of para-hydroxylation sites is 3. The monoisotopic (exact) mass is 459 g/mol. The molecule has 0 saturated heterocycles. The highest BCUT2D eigenvalue weighted by atomic mass is 32.2. The van der Waals surface area contributed by atoms with Crippen LogP contribution in [0.4, 0.5) is 11.4 Å². The summed E-state index contributed by atoms with van der Waals surface area (Å²) < 4.78 is 10.8. The van der Waals surface area contributed by atoms with Gasteiger partial charge in [-0.2, -0.15) is 0 Å². The van der Waals surface area contributed by atoms with Gasteiger partial charge in [0, 0.05) is 18.5 Å². The second-order valence-electron chi connectivity index (χ2n) is 7.31. The van der Waals surface area contributed by atoms with Crippen molar-refractivity contribution >= 4 is 39.8 Å². The van der Waals surface area contributed by atoms with Crippen LogP contribution in [-0.4, -0.2) is 36.6 Å². The zero-order chi connectivity index (χ0) is 23.0. The number of nitrogens with zero attached hydrogens (tertiary/aromatic N) is 2. The molecule has 1 heterocycles. The molecule has 0 spiro atoms. The largest absolute Gasteiger partial charge is 0.493 e. The lowest BCUT2D eigenvalue weighted by Gasteiger charge is -2.13. The number of nitrogens with one attached hydrogen (secondary N) is 1. The first-order valence-electron chi connectivity index (χ1n) is 10.6. The standard InChI is InChI=1S/C26H25N3O3S/c1-31-23-14-8-11-19(26(23)32-2)16-27-24(30)17-33-25-15-22(18-9-4-3-5-10-18)28-20-12-6-7-13-21(20)29-25/h3-14H,15-17H2,1-2H3,(H,27,30). The first-order chi connectivity index (χ1) is 16.2. The minimum Gasteiger partial charge on any atom is -0.493 e. The van der Waals surface area contributed by atoms with E-state index in [1.807, 2.05) is 72.8 Å². The molecule has 1 aliphatic rings. The Bertz CT molecular complexity index is 1190. The Balaban J connectivity index is 1.44. The molecule has 0 saturated carbocycles. The number of carbonyl (C=O) groups is 1. The third kappa shape index (κ3) is 5.62. The summed E-state index contributed by atoms with van der Waals surface area (Å²) in [6.07, 6.45) is 0.570. The van der Waals surface area contributed by atoms with Gasteiger partial charge in [0.05, 0.1) is 42.1 Å². The maximum absolute atomic E-state index is 12.6. The van der Waals surface area contributed by atoms with Crippen LogP contribution in [-0.2, 0) is 11.3 Å².